The molecule has 37 heavy (non-hydrogen) atoms. The molecule has 1 aromatic heterocycles. The number of aromatic nitrogens is 1. The van der Waals surface area contributed by atoms with Crippen LogP contribution >= 0.6 is 0 Å². The molecule has 1 fully saturated rings. The highest BCUT2D eigenvalue weighted by atomic mass is 19.4. The van der Waals surface area contributed by atoms with E-state index in [0.29, 0.717) is 30.6 Å². The molecular weight excluding hydrogens is 479 g/mol. The fourth-order valence-corrected chi connectivity index (χ4v) is 4.86. The summed E-state index contributed by atoms with van der Waals surface area (Å²) in [6, 6.07) is 16.9. The number of pyridine rings is 1. The lowest BCUT2D eigenvalue weighted by atomic mass is 9.89. The van der Waals surface area contributed by atoms with E-state index in [1.807, 2.05) is 43.3 Å². The highest BCUT2D eigenvalue weighted by Crippen LogP contribution is 2.32. The van der Waals surface area contributed by atoms with Crippen molar-refractivity contribution >= 4 is 5.91 Å². The Labute approximate surface area is 215 Å². The lowest BCUT2D eigenvalue weighted by Crippen LogP contribution is -2.34. The van der Waals surface area contributed by atoms with Crippen LogP contribution in [0.5, 0.6) is 5.75 Å². The van der Waals surface area contributed by atoms with Gasteiger partial charge in [-0.1, -0.05) is 36.4 Å². The molecule has 1 amide bonds. The van der Waals surface area contributed by atoms with Gasteiger partial charge in [-0.3, -0.25) is 14.7 Å². The first-order valence-electron chi connectivity index (χ1n) is 12.5. The number of para-hydroxylation sites is 1. The molecule has 196 valence electrons. The van der Waals surface area contributed by atoms with Crippen LogP contribution in [0.15, 0.2) is 60.7 Å². The fraction of sp³-hybridized carbons (Fsp3) is 0.379. The van der Waals surface area contributed by atoms with Crippen LogP contribution in [0, 0.1) is 6.92 Å². The summed E-state index contributed by atoms with van der Waals surface area (Å²) in [5, 5.41) is 3.02. The van der Waals surface area contributed by atoms with Gasteiger partial charge < -0.3 is 10.1 Å². The third-order valence-electron chi connectivity index (χ3n) is 6.82. The number of alkyl halides is 3. The number of halogens is 3. The summed E-state index contributed by atoms with van der Waals surface area (Å²) < 4.78 is 44.6. The molecule has 0 unspecified atom stereocenters. The van der Waals surface area contributed by atoms with Crippen LogP contribution in [-0.2, 0) is 19.1 Å². The zero-order chi connectivity index (χ0) is 26.4. The lowest BCUT2D eigenvalue weighted by Gasteiger charge is -2.32. The van der Waals surface area contributed by atoms with E-state index in [9.17, 15) is 18.0 Å². The summed E-state index contributed by atoms with van der Waals surface area (Å²) in [4.78, 5) is 20.0. The number of methoxy groups -OCH3 is 1. The molecule has 1 aliphatic heterocycles. The second-order valence-corrected chi connectivity index (χ2v) is 9.45. The van der Waals surface area contributed by atoms with E-state index in [1.165, 1.54) is 12.1 Å². The van der Waals surface area contributed by atoms with Gasteiger partial charge in [-0.25, -0.2) is 0 Å². The average Bonchev–Trinajstić information content (AvgIpc) is 2.89. The SMILES string of the molecule is COc1ccccc1CCNC(=O)c1ccc(C)nc1C1CCN(Cc2cccc(C(F)(F)F)c2)CC1. The van der Waals surface area contributed by atoms with Gasteiger partial charge in [-0.15, -0.1) is 0 Å². The third-order valence-corrected chi connectivity index (χ3v) is 6.82. The molecule has 1 aliphatic rings. The first-order valence-corrected chi connectivity index (χ1v) is 12.5. The van der Waals surface area contributed by atoms with Crippen LogP contribution in [0.1, 0.15) is 57.2 Å². The topological polar surface area (TPSA) is 54.5 Å². The lowest BCUT2D eigenvalue weighted by molar-refractivity contribution is -0.137. The molecule has 0 radical (unpaired) electrons. The van der Waals surface area contributed by atoms with E-state index >= 15 is 0 Å². The van der Waals surface area contributed by atoms with Gasteiger partial charge in [-0.2, -0.15) is 13.2 Å². The van der Waals surface area contributed by atoms with Crippen LogP contribution in [0.2, 0.25) is 0 Å². The van der Waals surface area contributed by atoms with Crippen molar-refractivity contribution in [3.63, 3.8) is 0 Å². The van der Waals surface area contributed by atoms with E-state index in [0.717, 1.165) is 54.7 Å². The van der Waals surface area contributed by atoms with E-state index in [2.05, 4.69) is 10.2 Å². The number of likely N-dealkylation sites (tertiary alicyclic amines) is 1. The Hall–Kier alpha value is -3.39. The predicted octanol–water partition coefficient (Wildman–Crippen LogP) is 5.77. The van der Waals surface area contributed by atoms with Gasteiger partial charge in [0.2, 0.25) is 0 Å². The van der Waals surface area contributed by atoms with Crippen LogP contribution in [0.25, 0.3) is 0 Å². The molecule has 3 aromatic rings. The van der Waals surface area contributed by atoms with Crippen molar-refractivity contribution in [1.29, 1.82) is 0 Å². The molecule has 0 atom stereocenters. The molecule has 0 bridgehead atoms. The number of hydrogen-bond donors (Lipinski definition) is 1. The van der Waals surface area contributed by atoms with Gasteiger partial charge in [0.25, 0.3) is 5.91 Å². The summed E-state index contributed by atoms with van der Waals surface area (Å²) in [5.74, 6) is 0.766. The van der Waals surface area contributed by atoms with E-state index in [4.69, 9.17) is 9.72 Å². The molecule has 4 rings (SSSR count). The number of rotatable bonds is 8. The van der Waals surface area contributed by atoms with Gasteiger partial charge in [0, 0.05) is 24.7 Å². The van der Waals surface area contributed by atoms with Crippen LogP contribution in [0.3, 0.4) is 0 Å². The smallest absolute Gasteiger partial charge is 0.416 e. The molecule has 1 N–H and O–H groups in total. The van der Waals surface area contributed by atoms with Crippen LogP contribution in [0.4, 0.5) is 13.2 Å². The number of benzene rings is 2. The zero-order valence-electron chi connectivity index (χ0n) is 21.1. The number of nitrogens with zero attached hydrogens (tertiary/aromatic N) is 2. The Morgan fingerprint density at radius 2 is 1.84 bits per heavy atom. The Morgan fingerprint density at radius 3 is 2.57 bits per heavy atom. The minimum Gasteiger partial charge on any atom is -0.496 e. The van der Waals surface area contributed by atoms with Crippen molar-refractivity contribution < 1.29 is 22.7 Å². The van der Waals surface area contributed by atoms with Crippen molar-refractivity contribution in [3.05, 3.63) is 94.3 Å². The number of amides is 1. The first kappa shape index (κ1) is 26.7. The monoisotopic (exact) mass is 511 g/mol. The minimum atomic E-state index is -4.34. The highest BCUT2D eigenvalue weighted by molar-refractivity contribution is 5.95. The average molecular weight is 512 g/mol. The summed E-state index contributed by atoms with van der Waals surface area (Å²) in [6.45, 7) is 4.31. The maximum Gasteiger partial charge on any atom is 0.416 e. The number of aryl methyl sites for hydroxylation is 1. The number of piperidine rings is 1. The second-order valence-electron chi connectivity index (χ2n) is 9.45. The van der Waals surface area contributed by atoms with Gasteiger partial charge in [0.05, 0.1) is 23.9 Å². The van der Waals surface area contributed by atoms with Crippen molar-refractivity contribution in [2.24, 2.45) is 0 Å². The molecule has 2 aromatic carbocycles. The molecule has 2 heterocycles. The fourth-order valence-electron chi connectivity index (χ4n) is 4.86. The standard InChI is InChI=1S/C29H32F3N3O2/c1-20-10-11-25(28(36)33-15-12-22-7-3-4-9-26(22)37-2)27(34-20)23-13-16-35(17-14-23)19-21-6-5-8-24(18-21)29(30,31)32/h3-11,18,23H,12-17,19H2,1-2H3,(H,33,36). The van der Waals surface area contributed by atoms with Crippen molar-refractivity contribution in [1.82, 2.24) is 15.2 Å². The molecule has 5 nitrogen and oxygen atoms in total. The third kappa shape index (κ3) is 6.89. The first-order chi connectivity index (χ1) is 17.7. The largest absolute Gasteiger partial charge is 0.496 e. The molecule has 1 saturated heterocycles. The van der Waals surface area contributed by atoms with Crippen LogP contribution < -0.4 is 10.1 Å². The number of carbonyl (C=O) groups is 1. The zero-order valence-corrected chi connectivity index (χ0v) is 21.1. The quantitative estimate of drug-likeness (QED) is 0.417. The molecule has 0 saturated carbocycles. The Morgan fingerprint density at radius 1 is 1.08 bits per heavy atom. The number of nitrogens with one attached hydrogen (secondary N) is 1. The molecule has 8 heteroatoms. The number of ether oxygens (including phenoxy) is 1. The minimum absolute atomic E-state index is 0.118. The summed E-state index contributed by atoms with van der Waals surface area (Å²) in [5.41, 5.74) is 3.30. The Balaban J connectivity index is 1.37. The van der Waals surface area contributed by atoms with E-state index in [1.54, 1.807) is 13.2 Å². The predicted molar refractivity (Wildman–Crippen MR) is 137 cm³/mol. The van der Waals surface area contributed by atoms with Crippen molar-refractivity contribution in [3.8, 4) is 5.75 Å². The van der Waals surface area contributed by atoms with Gasteiger partial charge in [0.1, 0.15) is 5.75 Å². The molecular formula is C29H32F3N3O2. The molecule has 0 aliphatic carbocycles. The summed E-state index contributed by atoms with van der Waals surface area (Å²) in [7, 11) is 1.63. The normalized spacial score (nSPS) is 14.9. The van der Waals surface area contributed by atoms with Crippen molar-refractivity contribution in [2.75, 3.05) is 26.7 Å². The van der Waals surface area contributed by atoms with Crippen molar-refractivity contribution in [2.45, 2.75) is 44.8 Å². The van der Waals surface area contributed by atoms with Gasteiger partial charge >= 0.3 is 6.18 Å². The van der Waals surface area contributed by atoms with E-state index < -0.39 is 11.7 Å². The van der Waals surface area contributed by atoms with Gasteiger partial charge in [-0.05, 0) is 74.7 Å². The number of hydrogen-bond acceptors (Lipinski definition) is 4. The number of carbonyl (C=O) groups excluding carboxylic acids is 1. The van der Waals surface area contributed by atoms with Gasteiger partial charge in [0.15, 0.2) is 0 Å². The van der Waals surface area contributed by atoms with E-state index in [-0.39, 0.29) is 11.8 Å². The highest BCUT2D eigenvalue weighted by Gasteiger charge is 2.31. The van der Waals surface area contributed by atoms with Crippen LogP contribution in [-0.4, -0.2) is 42.5 Å². The summed E-state index contributed by atoms with van der Waals surface area (Å²) >= 11 is 0. The summed E-state index contributed by atoms with van der Waals surface area (Å²) in [6.07, 6.45) is -2.11. The Bertz CT molecular complexity index is 1220. The Kier molecular flexibility index (Phi) is 8.48. The maximum atomic E-state index is 13.1. The maximum absolute atomic E-state index is 13.1. The molecule has 0 spiro atoms. The second kappa shape index (κ2) is 11.8.